The minimum atomic E-state index is -0.901. The van der Waals surface area contributed by atoms with Gasteiger partial charge in [0.15, 0.2) is 11.0 Å². The van der Waals surface area contributed by atoms with E-state index in [-0.39, 0.29) is 17.7 Å². The lowest BCUT2D eigenvalue weighted by atomic mass is 9.78. The number of nitrogens with zero attached hydrogens (tertiary/aromatic N) is 3. The first-order valence-electron chi connectivity index (χ1n) is 10.8. The van der Waals surface area contributed by atoms with E-state index in [1.807, 2.05) is 19.9 Å². The number of carbonyl (C=O) groups excluding carboxylic acids is 1. The van der Waals surface area contributed by atoms with Crippen LogP contribution < -0.4 is 10.2 Å². The van der Waals surface area contributed by atoms with Crippen LogP contribution in [0.25, 0.3) is 11.0 Å². The third-order valence-electron chi connectivity index (χ3n) is 7.01. The van der Waals surface area contributed by atoms with Crippen LogP contribution >= 0.6 is 0 Å². The number of morpholine rings is 1. The zero-order valence-corrected chi connectivity index (χ0v) is 17.6. The van der Waals surface area contributed by atoms with Gasteiger partial charge < -0.3 is 20.1 Å². The predicted octanol–water partition coefficient (Wildman–Crippen LogP) is 2.69. The van der Waals surface area contributed by atoms with Gasteiger partial charge in [0, 0.05) is 13.1 Å². The average molecular weight is 426 g/mol. The SMILES string of the molecule is CC(C)=C1[C@H]2CC[C@H]1[C@@H](C(=O)Nc1ccc(N3CCOCC3)c3nonc13)[C@H]2C(=O)O. The summed E-state index contributed by atoms with van der Waals surface area (Å²) in [5.74, 6) is -2.53. The number of ether oxygens (including phenoxy) is 1. The number of rotatable bonds is 4. The lowest BCUT2D eigenvalue weighted by molar-refractivity contribution is -0.148. The molecule has 2 aromatic rings. The highest BCUT2D eigenvalue weighted by atomic mass is 16.6. The number of nitrogens with one attached hydrogen (secondary N) is 1. The van der Waals surface area contributed by atoms with Gasteiger partial charge in [-0.25, -0.2) is 4.63 Å². The molecule has 0 spiro atoms. The number of carboxylic acid groups (broad SMARTS) is 1. The lowest BCUT2D eigenvalue weighted by Gasteiger charge is -2.29. The second kappa shape index (κ2) is 7.64. The van der Waals surface area contributed by atoms with Crippen molar-refractivity contribution in [2.75, 3.05) is 36.5 Å². The molecule has 1 aliphatic heterocycles. The Balaban J connectivity index is 1.45. The Hall–Kier alpha value is -2.94. The van der Waals surface area contributed by atoms with Crippen molar-refractivity contribution in [3.63, 3.8) is 0 Å². The van der Waals surface area contributed by atoms with E-state index in [0.717, 1.165) is 42.8 Å². The van der Waals surface area contributed by atoms with Gasteiger partial charge >= 0.3 is 5.97 Å². The summed E-state index contributed by atoms with van der Waals surface area (Å²) in [6.45, 7) is 6.77. The maximum Gasteiger partial charge on any atom is 0.307 e. The maximum atomic E-state index is 13.3. The largest absolute Gasteiger partial charge is 0.481 e. The molecule has 2 heterocycles. The second-order valence-electron chi connectivity index (χ2n) is 8.82. The summed E-state index contributed by atoms with van der Waals surface area (Å²) in [5.41, 5.74) is 4.70. The molecule has 2 N–H and O–H groups in total. The van der Waals surface area contributed by atoms with E-state index in [4.69, 9.17) is 9.37 Å². The van der Waals surface area contributed by atoms with Crippen LogP contribution in [0.4, 0.5) is 11.4 Å². The summed E-state index contributed by atoms with van der Waals surface area (Å²) in [6, 6.07) is 3.69. The van der Waals surface area contributed by atoms with Crippen LogP contribution in [0.2, 0.25) is 0 Å². The average Bonchev–Trinajstić information content (AvgIpc) is 3.47. The molecule has 3 aliphatic rings. The molecule has 0 unspecified atom stereocenters. The fraction of sp³-hybridized carbons (Fsp3) is 0.545. The summed E-state index contributed by atoms with van der Waals surface area (Å²) >= 11 is 0. The Labute approximate surface area is 179 Å². The second-order valence-corrected chi connectivity index (χ2v) is 8.82. The Kier molecular flexibility index (Phi) is 4.92. The van der Waals surface area contributed by atoms with Crippen LogP contribution in [0.3, 0.4) is 0 Å². The van der Waals surface area contributed by atoms with Crippen molar-refractivity contribution >= 4 is 34.3 Å². The molecule has 31 heavy (non-hydrogen) atoms. The summed E-state index contributed by atoms with van der Waals surface area (Å²) in [6.07, 6.45) is 1.68. The monoisotopic (exact) mass is 426 g/mol. The molecule has 1 aromatic heterocycles. The van der Waals surface area contributed by atoms with E-state index >= 15 is 0 Å². The molecule has 1 aromatic carbocycles. The van der Waals surface area contributed by atoms with Crippen molar-refractivity contribution in [1.82, 2.24) is 10.3 Å². The first kappa shape index (κ1) is 20.0. The highest BCUT2D eigenvalue weighted by molar-refractivity contribution is 6.04. The number of hydrogen-bond acceptors (Lipinski definition) is 7. The molecule has 3 fully saturated rings. The number of anilines is 2. The van der Waals surface area contributed by atoms with Gasteiger partial charge in [-0.3, -0.25) is 9.59 Å². The van der Waals surface area contributed by atoms with E-state index in [1.165, 1.54) is 0 Å². The van der Waals surface area contributed by atoms with Gasteiger partial charge in [0.25, 0.3) is 0 Å². The van der Waals surface area contributed by atoms with Gasteiger partial charge in [-0.05, 0) is 61.0 Å². The van der Waals surface area contributed by atoms with E-state index in [0.29, 0.717) is 29.9 Å². The van der Waals surface area contributed by atoms with Crippen LogP contribution in [0, 0.1) is 23.7 Å². The molecule has 164 valence electrons. The summed E-state index contributed by atoms with van der Waals surface area (Å²) in [5, 5.41) is 20.9. The molecule has 9 nitrogen and oxygen atoms in total. The van der Waals surface area contributed by atoms with Gasteiger partial charge in [0.05, 0.1) is 36.4 Å². The van der Waals surface area contributed by atoms with E-state index < -0.39 is 17.8 Å². The van der Waals surface area contributed by atoms with Crippen LogP contribution in [0.15, 0.2) is 27.9 Å². The number of benzene rings is 1. The number of amides is 1. The molecule has 4 atom stereocenters. The smallest absolute Gasteiger partial charge is 0.307 e. The number of carboxylic acids is 1. The van der Waals surface area contributed by atoms with Crippen LogP contribution in [-0.4, -0.2) is 53.6 Å². The highest BCUT2D eigenvalue weighted by Crippen LogP contribution is 2.57. The molecule has 0 radical (unpaired) electrons. The molecular formula is C22H26N4O5. The third kappa shape index (κ3) is 3.18. The minimum absolute atomic E-state index is 0.0188. The van der Waals surface area contributed by atoms with Crippen LogP contribution in [0.1, 0.15) is 26.7 Å². The topological polar surface area (TPSA) is 118 Å². The zero-order chi connectivity index (χ0) is 21.7. The zero-order valence-electron chi connectivity index (χ0n) is 17.6. The van der Waals surface area contributed by atoms with Crippen molar-refractivity contribution in [3.8, 4) is 0 Å². The fourth-order valence-electron chi connectivity index (χ4n) is 5.83. The predicted molar refractivity (Wildman–Crippen MR) is 113 cm³/mol. The minimum Gasteiger partial charge on any atom is -0.481 e. The van der Waals surface area contributed by atoms with Gasteiger partial charge in [-0.1, -0.05) is 11.1 Å². The Morgan fingerprint density at radius 3 is 2.42 bits per heavy atom. The Morgan fingerprint density at radius 2 is 1.74 bits per heavy atom. The van der Waals surface area contributed by atoms with Crippen molar-refractivity contribution in [1.29, 1.82) is 0 Å². The Bertz CT molecular complexity index is 1070. The third-order valence-corrected chi connectivity index (χ3v) is 7.01. The molecule has 2 saturated carbocycles. The lowest BCUT2D eigenvalue weighted by Crippen LogP contribution is -2.38. The van der Waals surface area contributed by atoms with Crippen LogP contribution in [0.5, 0.6) is 0 Å². The van der Waals surface area contributed by atoms with Gasteiger partial charge in [-0.15, -0.1) is 0 Å². The van der Waals surface area contributed by atoms with E-state index in [9.17, 15) is 14.7 Å². The van der Waals surface area contributed by atoms with Crippen molar-refractivity contribution < 1.29 is 24.1 Å². The van der Waals surface area contributed by atoms with E-state index in [2.05, 4.69) is 20.5 Å². The quantitative estimate of drug-likeness (QED) is 0.717. The van der Waals surface area contributed by atoms with Crippen molar-refractivity contribution in [2.45, 2.75) is 26.7 Å². The molecule has 5 rings (SSSR count). The van der Waals surface area contributed by atoms with Crippen LogP contribution in [-0.2, 0) is 14.3 Å². The standard InChI is InChI=1S/C22H26N4O5/c1-11(2)16-12-3-4-13(16)18(22(28)29)17(12)21(27)23-14-5-6-15(20-19(14)24-31-25-20)26-7-9-30-10-8-26/h5-6,12-13,17-18H,3-4,7-10H2,1-2H3,(H,23,27)(H,28,29)/t12-,13-,17-,18+/m1/s1. The Morgan fingerprint density at radius 1 is 1.06 bits per heavy atom. The number of aromatic nitrogens is 2. The normalized spacial score (nSPS) is 27.7. The summed E-state index contributed by atoms with van der Waals surface area (Å²) in [7, 11) is 0. The molecular weight excluding hydrogens is 400 g/mol. The fourth-order valence-corrected chi connectivity index (χ4v) is 5.83. The number of allylic oxidation sites excluding steroid dienone is 2. The van der Waals surface area contributed by atoms with Crippen molar-refractivity contribution in [3.05, 3.63) is 23.3 Å². The maximum absolute atomic E-state index is 13.3. The first-order valence-corrected chi connectivity index (χ1v) is 10.8. The number of hydrogen-bond donors (Lipinski definition) is 2. The number of carbonyl (C=O) groups is 2. The van der Waals surface area contributed by atoms with Gasteiger partial charge in [-0.2, -0.15) is 0 Å². The summed E-state index contributed by atoms with van der Waals surface area (Å²) in [4.78, 5) is 27.6. The first-order chi connectivity index (χ1) is 15.0. The summed E-state index contributed by atoms with van der Waals surface area (Å²) < 4.78 is 10.4. The molecule has 2 bridgehead atoms. The number of fused-ring (bicyclic) bond motifs is 3. The molecule has 2 aliphatic carbocycles. The van der Waals surface area contributed by atoms with Gasteiger partial charge in [0.1, 0.15) is 0 Å². The van der Waals surface area contributed by atoms with Gasteiger partial charge in [0.2, 0.25) is 5.91 Å². The number of aliphatic carboxylic acids is 1. The van der Waals surface area contributed by atoms with E-state index in [1.54, 1.807) is 6.07 Å². The molecule has 9 heteroatoms. The molecule has 1 amide bonds. The highest BCUT2D eigenvalue weighted by Gasteiger charge is 2.57. The molecule has 1 saturated heterocycles. The van der Waals surface area contributed by atoms with Crippen molar-refractivity contribution in [2.24, 2.45) is 23.7 Å².